The molecule has 0 atom stereocenters. The molecule has 0 bridgehead atoms. The highest BCUT2D eigenvalue weighted by atomic mass is 35.5. The molecule has 1 aromatic rings. The van der Waals surface area contributed by atoms with Crippen molar-refractivity contribution in [1.82, 2.24) is 0 Å². The lowest BCUT2D eigenvalue weighted by Crippen LogP contribution is -2.34. The van der Waals surface area contributed by atoms with Crippen LogP contribution in [0.1, 0.15) is 19.4 Å². The topological polar surface area (TPSA) is 44.5 Å². The molecule has 1 rings (SSSR count). The van der Waals surface area contributed by atoms with E-state index >= 15 is 0 Å². The van der Waals surface area contributed by atoms with Crippen LogP contribution in [0.3, 0.4) is 0 Å². The fourth-order valence-corrected chi connectivity index (χ4v) is 1.74. The van der Waals surface area contributed by atoms with Gasteiger partial charge in [0.1, 0.15) is 0 Å². The SMILES string of the molecule is COc1cc(Cl)c(CC(C)(C)N)cc1OC. The van der Waals surface area contributed by atoms with Gasteiger partial charge in [-0.1, -0.05) is 11.6 Å². The summed E-state index contributed by atoms with van der Waals surface area (Å²) in [7, 11) is 3.18. The van der Waals surface area contributed by atoms with Crippen LogP contribution in [0.4, 0.5) is 0 Å². The van der Waals surface area contributed by atoms with Crippen molar-refractivity contribution in [2.45, 2.75) is 25.8 Å². The minimum atomic E-state index is -0.302. The third kappa shape index (κ3) is 3.29. The summed E-state index contributed by atoms with van der Waals surface area (Å²) in [4.78, 5) is 0. The quantitative estimate of drug-likeness (QED) is 0.884. The zero-order chi connectivity index (χ0) is 12.3. The van der Waals surface area contributed by atoms with Crippen molar-refractivity contribution in [3.05, 3.63) is 22.7 Å². The van der Waals surface area contributed by atoms with Crippen LogP contribution >= 0.6 is 11.6 Å². The molecule has 3 nitrogen and oxygen atoms in total. The Kier molecular flexibility index (Phi) is 4.05. The minimum Gasteiger partial charge on any atom is -0.493 e. The van der Waals surface area contributed by atoms with Crippen LogP contribution in [-0.4, -0.2) is 19.8 Å². The Morgan fingerprint density at radius 2 is 1.69 bits per heavy atom. The first-order chi connectivity index (χ1) is 7.37. The molecule has 0 fully saturated rings. The Bertz CT molecular complexity index is 372. The fourth-order valence-electron chi connectivity index (χ4n) is 1.52. The molecular weight excluding hydrogens is 226 g/mol. The number of ether oxygens (including phenoxy) is 2. The van der Waals surface area contributed by atoms with Crippen LogP contribution in [0, 0.1) is 0 Å². The Morgan fingerprint density at radius 3 is 2.12 bits per heavy atom. The maximum absolute atomic E-state index is 6.15. The zero-order valence-corrected chi connectivity index (χ0v) is 10.9. The maximum Gasteiger partial charge on any atom is 0.162 e. The number of hydrogen-bond acceptors (Lipinski definition) is 3. The van der Waals surface area contributed by atoms with Gasteiger partial charge in [-0.3, -0.25) is 0 Å². The second-order valence-corrected chi connectivity index (χ2v) is 4.87. The molecule has 0 aliphatic rings. The number of methoxy groups -OCH3 is 2. The van der Waals surface area contributed by atoms with Gasteiger partial charge in [0, 0.05) is 16.6 Å². The summed E-state index contributed by atoms with van der Waals surface area (Å²) in [6, 6.07) is 3.62. The molecule has 4 heteroatoms. The summed E-state index contributed by atoms with van der Waals surface area (Å²) >= 11 is 6.15. The van der Waals surface area contributed by atoms with Gasteiger partial charge in [0.25, 0.3) is 0 Å². The molecule has 0 radical (unpaired) electrons. The van der Waals surface area contributed by atoms with E-state index in [1.165, 1.54) is 0 Å². The van der Waals surface area contributed by atoms with Crippen LogP contribution in [0.15, 0.2) is 12.1 Å². The molecule has 0 saturated heterocycles. The largest absolute Gasteiger partial charge is 0.493 e. The van der Waals surface area contributed by atoms with E-state index in [0.717, 1.165) is 5.56 Å². The average molecular weight is 244 g/mol. The smallest absolute Gasteiger partial charge is 0.162 e. The van der Waals surface area contributed by atoms with Gasteiger partial charge in [0.05, 0.1) is 14.2 Å². The second kappa shape index (κ2) is 4.93. The van der Waals surface area contributed by atoms with E-state index in [4.69, 9.17) is 26.8 Å². The monoisotopic (exact) mass is 243 g/mol. The highest BCUT2D eigenvalue weighted by Gasteiger charge is 2.16. The van der Waals surface area contributed by atoms with Crippen LogP contribution in [0.25, 0.3) is 0 Å². The van der Waals surface area contributed by atoms with E-state index in [9.17, 15) is 0 Å². The van der Waals surface area contributed by atoms with Gasteiger partial charge in [-0.15, -0.1) is 0 Å². The summed E-state index contributed by atoms with van der Waals surface area (Å²) in [5.74, 6) is 1.30. The van der Waals surface area contributed by atoms with Crippen LogP contribution in [-0.2, 0) is 6.42 Å². The number of benzene rings is 1. The Hall–Kier alpha value is -0.930. The highest BCUT2D eigenvalue weighted by molar-refractivity contribution is 6.31. The highest BCUT2D eigenvalue weighted by Crippen LogP contribution is 2.34. The Labute approximate surface area is 101 Å². The number of hydrogen-bond donors (Lipinski definition) is 1. The Morgan fingerprint density at radius 1 is 1.19 bits per heavy atom. The van der Waals surface area contributed by atoms with E-state index < -0.39 is 0 Å². The van der Waals surface area contributed by atoms with Gasteiger partial charge in [-0.25, -0.2) is 0 Å². The number of rotatable bonds is 4. The molecule has 0 aliphatic heterocycles. The molecule has 16 heavy (non-hydrogen) atoms. The molecule has 0 aliphatic carbocycles. The second-order valence-electron chi connectivity index (χ2n) is 4.46. The number of nitrogens with two attached hydrogens (primary N) is 1. The lowest BCUT2D eigenvalue weighted by Gasteiger charge is -2.20. The first-order valence-corrected chi connectivity index (χ1v) is 5.44. The van der Waals surface area contributed by atoms with Crippen molar-refractivity contribution in [3.8, 4) is 11.5 Å². The van der Waals surface area contributed by atoms with Gasteiger partial charge >= 0.3 is 0 Å². The van der Waals surface area contributed by atoms with E-state index in [2.05, 4.69) is 0 Å². The molecule has 2 N–H and O–H groups in total. The van der Waals surface area contributed by atoms with Crippen molar-refractivity contribution >= 4 is 11.6 Å². The molecule has 0 spiro atoms. The van der Waals surface area contributed by atoms with Gasteiger partial charge in [0.15, 0.2) is 11.5 Å². The summed E-state index contributed by atoms with van der Waals surface area (Å²) in [5, 5.41) is 0.649. The molecule has 0 heterocycles. The predicted octanol–water partition coefficient (Wildman–Crippen LogP) is 2.64. The van der Waals surface area contributed by atoms with Crippen molar-refractivity contribution in [2.24, 2.45) is 5.73 Å². The first kappa shape index (κ1) is 13.1. The van der Waals surface area contributed by atoms with Crippen LogP contribution < -0.4 is 15.2 Å². The third-order valence-corrected chi connectivity index (χ3v) is 2.55. The van der Waals surface area contributed by atoms with E-state index in [-0.39, 0.29) is 5.54 Å². The van der Waals surface area contributed by atoms with Crippen molar-refractivity contribution in [3.63, 3.8) is 0 Å². The van der Waals surface area contributed by atoms with E-state index in [1.807, 2.05) is 19.9 Å². The first-order valence-electron chi connectivity index (χ1n) is 5.06. The van der Waals surface area contributed by atoms with E-state index in [0.29, 0.717) is 22.9 Å². The normalized spacial score (nSPS) is 11.4. The van der Waals surface area contributed by atoms with Crippen molar-refractivity contribution in [2.75, 3.05) is 14.2 Å². The van der Waals surface area contributed by atoms with Gasteiger partial charge < -0.3 is 15.2 Å². The standard InChI is InChI=1S/C12H18ClNO2/c1-12(2,14)7-8-5-10(15-3)11(16-4)6-9(8)13/h5-6H,7,14H2,1-4H3. The van der Waals surface area contributed by atoms with Gasteiger partial charge in [0.2, 0.25) is 0 Å². The summed E-state index contributed by atoms with van der Waals surface area (Å²) in [6.07, 6.45) is 0.687. The predicted molar refractivity (Wildman–Crippen MR) is 66.5 cm³/mol. The maximum atomic E-state index is 6.15. The third-order valence-electron chi connectivity index (χ3n) is 2.20. The lowest BCUT2D eigenvalue weighted by molar-refractivity contribution is 0.354. The molecule has 1 aromatic carbocycles. The summed E-state index contributed by atoms with van der Waals surface area (Å²) in [5.41, 5.74) is 6.63. The molecule has 0 saturated carbocycles. The van der Waals surface area contributed by atoms with Gasteiger partial charge in [-0.2, -0.15) is 0 Å². The fraction of sp³-hybridized carbons (Fsp3) is 0.500. The van der Waals surface area contributed by atoms with Crippen molar-refractivity contribution < 1.29 is 9.47 Å². The lowest BCUT2D eigenvalue weighted by atomic mass is 9.96. The minimum absolute atomic E-state index is 0.302. The average Bonchev–Trinajstić information content (AvgIpc) is 2.18. The van der Waals surface area contributed by atoms with Crippen molar-refractivity contribution in [1.29, 1.82) is 0 Å². The molecule has 0 amide bonds. The molecule has 90 valence electrons. The summed E-state index contributed by atoms with van der Waals surface area (Å²) < 4.78 is 10.4. The number of halogens is 1. The van der Waals surface area contributed by atoms with Crippen LogP contribution in [0.5, 0.6) is 11.5 Å². The molecule has 0 unspecified atom stereocenters. The molecule has 0 aromatic heterocycles. The summed E-state index contributed by atoms with van der Waals surface area (Å²) in [6.45, 7) is 3.92. The zero-order valence-electron chi connectivity index (χ0n) is 10.1. The molecular formula is C12H18ClNO2. The Balaban J connectivity index is 3.11. The van der Waals surface area contributed by atoms with E-state index in [1.54, 1.807) is 20.3 Å². The van der Waals surface area contributed by atoms with Crippen LogP contribution in [0.2, 0.25) is 5.02 Å². The van der Waals surface area contributed by atoms with Gasteiger partial charge in [-0.05, 0) is 31.9 Å².